The Hall–Kier alpha value is -2.02. The fraction of sp³-hybridized carbons (Fsp3) is 0.308. The van der Waals surface area contributed by atoms with Crippen LogP contribution < -0.4 is 15.6 Å². The van der Waals surface area contributed by atoms with Crippen molar-refractivity contribution in [2.75, 3.05) is 5.32 Å². The number of carbonyl (C=O) groups excluding carboxylic acids is 1. The van der Waals surface area contributed by atoms with Crippen molar-refractivity contribution in [1.82, 2.24) is 5.27 Å². The van der Waals surface area contributed by atoms with E-state index < -0.39 is 10.9 Å². The number of anilines is 1. The van der Waals surface area contributed by atoms with Gasteiger partial charge in [-0.25, -0.2) is 4.79 Å². The van der Waals surface area contributed by atoms with Crippen molar-refractivity contribution in [2.24, 2.45) is 7.05 Å². The van der Waals surface area contributed by atoms with E-state index in [4.69, 9.17) is 0 Å². The van der Waals surface area contributed by atoms with E-state index in [1.807, 2.05) is 31.2 Å². The van der Waals surface area contributed by atoms with Gasteiger partial charge in [-0.3, -0.25) is 9.32 Å². The molecule has 2 N–H and O–H groups in total. The van der Waals surface area contributed by atoms with Gasteiger partial charge in [-0.2, -0.15) is 0 Å². The van der Waals surface area contributed by atoms with Crippen molar-refractivity contribution >= 4 is 23.4 Å². The first-order valence-electron chi connectivity index (χ1n) is 6.09. The SMILES string of the molecule is Cc1ccccc1NC(=O)C(C)Sc1c(=O)o[nH][n+]1C. The number of carbonyl (C=O) groups is 1. The molecule has 0 aliphatic rings. The van der Waals surface area contributed by atoms with Gasteiger partial charge >= 0.3 is 10.7 Å². The smallest absolute Gasteiger partial charge is 0.325 e. The second-order valence-electron chi connectivity index (χ2n) is 4.41. The summed E-state index contributed by atoms with van der Waals surface area (Å²) in [6, 6.07) is 7.54. The second kappa shape index (κ2) is 5.96. The van der Waals surface area contributed by atoms with Crippen LogP contribution in [0.15, 0.2) is 38.6 Å². The quantitative estimate of drug-likeness (QED) is 0.656. The van der Waals surface area contributed by atoms with Crippen LogP contribution in [0.1, 0.15) is 12.5 Å². The molecule has 7 heteroatoms. The highest BCUT2D eigenvalue weighted by Gasteiger charge is 2.25. The summed E-state index contributed by atoms with van der Waals surface area (Å²) >= 11 is 1.15. The van der Waals surface area contributed by atoms with Crippen LogP contribution >= 0.6 is 11.8 Å². The van der Waals surface area contributed by atoms with Crippen molar-refractivity contribution < 1.29 is 14.0 Å². The Bertz CT molecular complexity index is 677. The van der Waals surface area contributed by atoms with E-state index in [0.29, 0.717) is 5.03 Å². The van der Waals surface area contributed by atoms with Gasteiger partial charge in [-0.15, -0.1) is 0 Å². The number of aromatic amines is 1. The molecule has 0 aliphatic carbocycles. The number of amides is 1. The molecular formula is C13H16N3O3S+. The second-order valence-corrected chi connectivity index (χ2v) is 5.74. The van der Waals surface area contributed by atoms with Crippen LogP contribution in [0.5, 0.6) is 0 Å². The molecule has 106 valence electrons. The Morgan fingerprint density at radius 3 is 2.75 bits per heavy atom. The van der Waals surface area contributed by atoms with E-state index in [0.717, 1.165) is 23.0 Å². The van der Waals surface area contributed by atoms with E-state index in [1.165, 1.54) is 4.68 Å². The number of para-hydroxylation sites is 1. The molecule has 0 saturated heterocycles. The molecule has 1 heterocycles. The Balaban J connectivity index is 2.07. The molecule has 0 bridgehead atoms. The lowest BCUT2D eigenvalue weighted by molar-refractivity contribution is -0.772. The van der Waals surface area contributed by atoms with Gasteiger partial charge in [0.2, 0.25) is 5.91 Å². The lowest BCUT2D eigenvalue weighted by Gasteiger charge is -2.11. The first-order valence-corrected chi connectivity index (χ1v) is 6.97. The number of rotatable bonds is 4. The number of nitrogens with zero attached hydrogens (tertiary/aromatic N) is 1. The van der Waals surface area contributed by atoms with Gasteiger partial charge in [0.15, 0.2) is 7.05 Å². The van der Waals surface area contributed by atoms with Crippen LogP contribution in [0.25, 0.3) is 0 Å². The highest BCUT2D eigenvalue weighted by Crippen LogP contribution is 2.19. The summed E-state index contributed by atoms with van der Waals surface area (Å²) in [4.78, 5) is 23.6. The van der Waals surface area contributed by atoms with E-state index in [1.54, 1.807) is 14.0 Å². The first kappa shape index (κ1) is 14.4. The summed E-state index contributed by atoms with van der Waals surface area (Å²) in [5.41, 5.74) is 1.29. The lowest BCUT2D eigenvalue weighted by atomic mass is 10.2. The van der Waals surface area contributed by atoms with Gasteiger partial charge in [0, 0.05) is 5.69 Å². The third kappa shape index (κ3) is 3.11. The van der Waals surface area contributed by atoms with Crippen molar-refractivity contribution in [1.29, 1.82) is 0 Å². The minimum absolute atomic E-state index is 0.162. The number of aromatic nitrogens is 2. The molecular weight excluding hydrogens is 278 g/mol. The van der Waals surface area contributed by atoms with Crippen LogP contribution in [-0.2, 0) is 11.8 Å². The van der Waals surface area contributed by atoms with Crippen LogP contribution in [0.2, 0.25) is 0 Å². The van der Waals surface area contributed by atoms with Crippen molar-refractivity contribution in [3.05, 3.63) is 40.2 Å². The number of nitrogens with one attached hydrogen (secondary N) is 2. The summed E-state index contributed by atoms with van der Waals surface area (Å²) < 4.78 is 6.09. The fourth-order valence-corrected chi connectivity index (χ4v) is 2.46. The van der Waals surface area contributed by atoms with Crippen molar-refractivity contribution in [2.45, 2.75) is 24.1 Å². The molecule has 1 aromatic carbocycles. The van der Waals surface area contributed by atoms with Gasteiger partial charge < -0.3 is 5.32 Å². The molecule has 2 aromatic rings. The molecule has 1 unspecified atom stereocenters. The lowest BCUT2D eigenvalue weighted by Crippen LogP contribution is -2.35. The topological polar surface area (TPSA) is 79.0 Å². The van der Waals surface area contributed by atoms with Gasteiger partial charge in [0.05, 0.1) is 5.25 Å². The third-order valence-electron chi connectivity index (χ3n) is 2.82. The van der Waals surface area contributed by atoms with Crippen LogP contribution in [-0.4, -0.2) is 16.4 Å². The van der Waals surface area contributed by atoms with Gasteiger partial charge in [-0.05, 0) is 42.5 Å². The maximum absolute atomic E-state index is 12.1. The van der Waals surface area contributed by atoms with E-state index in [9.17, 15) is 9.59 Å². The Labute approximate surface area is 120 Å². The van der Waals surface area contributed by atoms with Crippen LogP contribution in [0.3, 0.4) is 0 Å². The van der Waals surface area contributed by atoms with Gasteiger partial charge in [0.1, 0.15) is 0 Å². The molecule has 1 amide bonds. The molecule has 0 radical (unpaired) electrons. The third-order valence-corrected chi connectivity index (χ3v) is 4.05. The molecule has 1 aromatic heterocycles. The molecule has 0 saturated carbocycles. The predicted molar refractivity (Wildman–Crippen MR) is 75.6 cm³/mol. The Morgan fingerprint density at radius 1 is 1.45 bits per heavy atom. The number of thioether (sulfide) groups is 1. The predicted octanol–water partition coefficient (Wildman–Crippen LogP) is 1.22. The molecule has 1 atom stereocenters. The highest BCUT2D eigenvalue weighted by molar-refractivity contribution is 8.00. The van der Waals surface area contributed by atoms with E-state index in [-0.39, 0.29) is 5.91 Å². The first-order chi connectivity index (χ1) is 9.49. The monoisotopic (exact) mass is 294 g/mol. The summed E-state index contributed by atoms with van der Waals surface area (Å²) in [7, 11) is 1.65. The van der Waals surface area contributed by atoms with Gasteiger partial charge in [0.25, 0.3) is 0 Å². The average Bonchev–Trinajstić information content (AvgIpc) is 2.73. The zero-order valence-electron chi connectivity index (χ0n) is 11.5. The van der Waals surface area contributed by atoms with E-state index >= 15 is 0 Å². The van der Waals surface area contributed by atoms with Crippen LogP contribution in [0.4, 0.5) is 5.69 Å². The minimum Gasteiger partial charge on any atom is -0.325 e. The molecule has 6 nitrogen and oxygen atoms in total. The zero-order valence-corrected chi connectivity index (χ0v) is 12.3. The summed E-state index contributed by atoms with van der Waals surface area (Å²) in [5.74, 6) is -0.162. The fourth-order valence-electron chi connectivity index (χ4n) is 1.63. The zero-order chi connectivity index (χ0) is 14.7. The maximum Gasteiger partial charge on any atom is 0.441 e. The Morgan fingerprint density at radius 2 is 2.15 bits per heavy atom. The molecule has 2 rings (SSSR count). The molecule has 20 heavy (non-hydrogen) atoms. The van der Waals surface area contributed by atoms with E-state index in [2.05, 4.69) is 15.1 Å². The normalized spacial score (nSPS) is 12.2. The largest absolute Gasteiger partial charge is 0.441 e. The number of hydrogen-bond donors (Lipinski definition) is 2. The molecule has 0 aliphatic heterocycles. The van der Waals surface area contributed by atoms with Crippen molar-refractivity contribution in [3.8, 4) is 0 Å². The highest BCUT2D eigenvalue weighted by atomic mass is 32.2. The standard InChI is InChI=1S/C13H15N3O3S/c1-8-6-4-5-7-10(8)14-11(17)9(2)20-12-13(18)19-15-16(12)3/h4-7,9H,1-3H3,(H-,14,15,17,18)/p+1. The summed E-state index contributed by atoms with van der Waals surface area (Å²) in [6.45, 7) is 3.67. The molecule has 0 spiro atoms. The summed E-state index contributed by atoms with van der Waals surface area (Å²) in [6.07, 6.45) is 0. The number of benzene rings is 1. The Kier molecular flexibility index (Phi) is 4.29. The minimum atomic E-state index is -0.479. The number of aryl methyl sites for hydroxylation is 2. The van der Waals surface area contributed by atoms with Crippen LogP contribution in [0, 0.1) is 6.92 Å². The maximum atomic E-state index is 12.1. The van der Waals surface area contributed by atoms with Crippen molar-refractivity contribution in [3.63, 3.8) is 0 Å². The average molecular weight is 294 g/mol. The summed E-state index contributed by atoms with van der Waals surface area (Å²) in [5, 5.41) is 5.21. The molecule has 0 fully saturated rings. The number of H-pyrrole nitrogens is 1. The van der Waals surface area contributed by atoms with Gasteiger partial charge in [-0.1, -0.05) is 22.9 Å². The number of hydrogen-bond acceptors (Lipinski definition) is 4.